The fraction of sp³-hybridized carbons (Fsp3) is 0.875. The third-order valence-electron chi connectivity index (χ3n) is 0.573. The molecule has 1 N–H and O–H groups in total. The smallest absolute Gasteiger partial charge is 0.337 e. The second-order valence-corrected chi connectivity index (χ2v) is 9.54. The van der Waals surface area contributed by atoms with Crippen LogP contribution in [-0.4, -0.2) is 27.5 Å². The number of rotatable bonds is 2. The summed E-state index contributed by atoms with van der Waals surface area (Å²) in [5, 5.41) is 0. The van der Waals surface area contributed by atoms with Crippen LogP contribution in [0.15, 0.2) is 0 Å². The van der Waals surface area contributed by atoms with Gasteiger partial charge in [-0.25, -0.2) is 0 Å². The molecule has 3 nitrogen and oxygen atoms in total. The zero-order valence-electron chi connectivity index (χ0n) is 10.2. The summed E-state index contributed by atoms with van der Waals surface area (Å²) in [6.07, 6.45) is 0. The van der Waals surface area contributed by atoms with Crippen LogP contribution in [0.1, 0.15) is 13.8 Å². The first-order chi connectivity index (χ1) is 5.44. The summed E-state index contributed by atoms with van der Waals surface area (Å²) in [5.41, 5.74) is -0.604. The first-order valence-electron chi connectivity index (χ1n) is 4.24. The summed E-state index contributed by atoms with van der Waals surface area (Å²) in [7, 11) is -3.98. The van der Waals surface area contributed by atoms with Crippen LogP contribution >= 0.6 is 0 Å². The summed E-state index contributed by atoms with van der Waals surface area (Å²) in [4.78, 5) is 0. The Labute approximate surface area is 102 Å². The molecule has 0 aliphatic carbocycles. The average Bonchev–Trinajstić information content (AvgIpc) is 1.47. The Bertz CT molecular complexity index is 216. The van der Waals surface area contributed by atoms with Crippen LogP contribution in [0.4, 0.5) is 0 Å². The van der Waals surface area contributed by atoms with Crippen molar-refractivity contribution in [2.75, 3.05) is 5.75 Å². The van der Waals surface area contributed by atoms with Crippen molar-refractivity contribution < 1.29 is 31.8 Å². The van der Waals surface area contributed by atoms with Crippen LogP contribution in [0.25, 0.3) is 0 Å². The monoisotopic (exact) mass is 232 g/mol. The molecule has 82 valence electrons. The molecule has 0 aliphatic heterocycles. The van der Waals surface area contributed by atoms with E-state index in [4.69, 9.17) is 4.55 Å². The molecule has 0 heterocycles. The third-order valence-corrected chi connectivity index (χ3v) is 1.72. The van der Waals surface area contributed by atoms with E-state index >= 15 is 0 Å². The van der Waals surface area contributed by atoms with E-state index in [1.54, 1.807) is 13.8 Å². The van der Waals surface area contributed by atoms with Crippen molar-refractivity contribution >= 4 is 18.9 Å². The molecule has 6 heteroatoms. The molecule has 0 spiro atoms. The molecule has 0 aliphatic rings. The zero-order chi connectivity index (χ0) is 11.3. The quantitative estimate of drug-likeness (QED) is 0.371. The van der Waals surface area contributed by atoms with Gasteiger partial charge in [-0.1, -0.05) is 33.5 Å². The van der Waals surface area contributed by atoms with Gasteiger partial charge >= 0.3 is 18.9 Å². The largest absolute Gasteiger partial charge is 1.00 e. The van der Waals surface area contributed by atoms with Crippen LogP contribution in [0, 0.1) is 12.3 Å². The minimum absolute atomic E-state index is 0. The Morgan fingerprint density at radius 3 is 1.50 bits per heavy atom. The molecule has 0 bridgehead atoms. The van der Waals surface area contributed by atoms with Crippen LogP contribution in [0.3, 0.4) is 0 Å². The Morgan fingerprint density at radius 1 is 1.29 bits per heavy atom. The van der Waals surface area contributed by atoms with Gasteiger partial charge < -0.3 is 6.92 Å². The molecule has 0 saturated carbocycles. The molecular formula is C8H21LiO3SSi. The third kappa shape index (κ3) is 38.7. The second-order valence-electron chi connectivity index (χ2n) is 4.62. The van der Waals surface area contributed by atoms with Crippen LogP contribution < -0.4 is 18.9 Å². The van der Waals surface area contributed by atoms with Crippen molar-refractivity contribution in [2.45, 2.75) is 33.5 Å². The van der Waals surface area contributed by atoms with Crippen molar-refractivity contribution in [2.24, 2.45) is 5.41 Å². The zero-order valence-corrected chi connectivity index (χ0v) is 12.1. The maximum absolute atomic E-state index is 10.2. The van der Waals surface area contributed by atoms with Crippen molar-refractivity contribution in [1.29, 1.82) is 0 Å². The van der Waals surface area contributed by atoms with Crippen molar-refractivity contribution in [1.82, 2.24) is 0 Å². The molecule has 0 aromatic carbocycles. The van der Waals surface area contributed by atoms with Gasteiger partial charge in [0.25, 0.3) is 10.1 Å². The molecule has 0 atom stereocenters. The summed E-state index contributed by atoms with van der Waals surface area (Å²) < 4.78 is 28.6. The van der Waals surface area contributed by atoms with E-state index in [-0.39, 0.29) is 33.4 Å². The molecule has 0 saturated heterocycles. The molecule has 0 rings (SSSR count). The molecule has 0 aromatic heterocycles. The second kappa shape index (κ2) is 7.94. The van der Waals surface area contributed by atoms with Crippen LogP contribution in [0.5, 0.6) is 0 Å². The first kappa shape index (κ1) is 20.2. The normalized spacial score (nSPS) is 11.4. The van der Waals surface area contributed by atoms with Crippen molar-refractivity contribution in [3.63, 3.8) is 0 Å². The molecule has 0 unspecified atom stereocenters. The summed E-state index contributed by atoms with van der Waals surface area (Å²) in [6.45, 7) is 13.7. The predicted molar refractivity (Wildman–Crippen MR) is 60.3 cm³/mol. The Morgan fingerprint density at radius 2 is 1.50 bits per heavy atom. The fourth-order valence-corrected chi connectivity index (χ4v) is 1.48. The fourth-order valence-electron chi connectivity index (χ4n) is 0.494. The molecular weight excluding hydrogens is 211 g/mol. The van der Waals surface area contributed by atoms with Crippen LogP contribution in [0.2, 0.25) is 19.6 Å². The van der Waals surface area contributed by atoms with Gasteiger partial charge in [0.05, 0.1) is 5.75 Å². The Hall–Kier alpha value is 0.724. The first-order valence-corrected chi connectivity index (χ1v) is 9.32. The van der Waals surface area contributed by atoms with E-state index in [0.717, 1.165) is 0 Å². The maximum atomic E-state index is 10.2. The van der Waals surface area contributed by atoms with Crippen molar-refractivity contribution in [3.05, 3.63) is 6.92 Å². The minimum atomic E-state index is -3.84. The topological polar surface area (TPSA) is 54.4 Å². The molecule has 0 amide bonds. The van der Waals surface area contributed by atoms with Gasteiger partial charge in [0.15, 0.2) is 0 Å². The summed E-state index contributed by atoms with van der Waals surface area (Å²) >= 11 is 0. The molecule has 14 heavy (non-hydrogen) atoms. The minimum Gasteiger partial charge on any atom is -0.337 e. The van der Waals surface area contributed by atoms with Gasteiger partial charge in [0.1, 0.15) is 0 Å². The van der Waals surface area contributed by atoms with Gasteiger partial charge in [-0.15, -0.1) is 5.41 Å². The molecule has 0 fully saturated rings. The SMILES string of the molecule is C[SiH](C)C.[CH2-]C(C)(C)CS(=O)(=O)O.[Li+]. The van der Waals surface area contributed by atoms with Gasteiger partial charge in [-0.05, 0) is 0 Å². The van der Waals surface area contributed by atoms with Gasteiger partial charge in [0, 0.05) is 8.80 Å². The van der Waals surface area contributed by atoms with Gasteiger partial charge in [0.2, 0.25) is 0 Å². The standard InChI is InChI=1S/C5H11O3S.C3H10Si.Li/c1-5(2,3)4-9(6,7)8;1-4(2)3;/h1,4H2,2-3H3,(H,6,7,8);4H,1-3H3;/q-1;;+1. The predicted octanol–water partition coefficient (Wildman–Crippen LogP) is -1.16. The Balaban J connectivity index is -0.000000209. The van der Waals surface area contributed by atoms with E-state index in [1.165, 1.54) is 0 Å². The van der Waals surface area contributed by atoms with Gasteiger partial charge in [-0.3, -0.25) is 4.55 Å². The van der Waals surface area contributed by atoms with E-state index < -0.39 is 15.5 Å². The molecule has 0 aromatic rings. The Kier molecular flexibility index (Phi) is 11.4. The summed E-state index contributed by atoms with van der Waals surface area (Å²) in [6, 6.07) is 0. The van der Waals surface area contributed by atoms with Crippen molar-refractivity contribution in [3.8, 4) is 0 Å². The summed E-state index contributed by atoms with van der Waals surface area (Å²) in [5.74, 6) is -0.292. The number of hydrogen-bond donors (Lipinski definition) is 1. The van der Waals surface area contributed by atoms with E-state index in [0.29, 0.717) is 0 Å². The van der Waals surface area contributed by atoms with E-state index in [2.05, 4.69) is 26.6 Å². The molecule has 0 radical (unpaired) electrons. The maximum Gasteiger partial charge on any atom is 1.00 e. The number of hydrogen-bond acceptors (Lipinski definition) is 2. The average molecular weight is 232 g/mol. The van der Waals surface area contributed by atoms with Crippen LogP contribution in [-0.2, 0) is 10.1 Å². The van der Waals surface area contributed by atoms with E-state index in [9.17, 15) is 8.42 Å². The van der Waals surface area contributed by atoms with E-state index in [1.807, 2.05) is 0 Å². The van der Waals surface area contributed by atoms with Gasteiger partial charge in [-0.2, -0.15) is 8.42 Å².